The first kappa shape index (κ1) is 15.7. The molecule has 0 spiro atoms. The Kier molecular flexibility index (Phi) is 5.30. The van der Waals surface area contributed by atoms with Crippen LogP contribution in [-0.4, -0.2) is 76.6 Å². The number of carboxylic acids is 2. The number of carboxylic acid groups (broad SMARTS) is 2. The Labute approximate surface area is 115 Å². The van der Waals surface area contributed by atoms with E-state index in [2.05, 4.69) is 5.32 Å². The lowest BCUT2D eigenvalue weighted by Crippen LogP contribution is -2.50. The second-order valence-corrected chi connectivity index (χ2v) is 4.53. The topological polar surface area (TPSA) is 127 Å². The van der Waals surface area contributed by atoms with Crippen LogP contribution in [0.15, 0.2) is 0 Å². The van der Waals surface area contributed by atoms with Gasteiger partial charge in [-0.05, 0) is 6.42 Å². The van der Waals surface area contributed by atoms with Crippen LogP contribution in [-0.2, 0) is 14.4 Å². The largest absolute Gasteiger partial charge is 0.481 e. The van der Waals surface area contributed by atoms with Gasteiger partial charge >= 0.3 is 18.0 Å². The van der Waals surface area contributed by atoms with E-state index in [-0.39, 0.29) is 12.5 Å². The molecule has 1 atom stereocenters. The zero-order valence-corrected chi connectivity index (χ0v) is 11.0. The van der Waals surface area contributed by atoms with Gasteiger partial charge in [0.2, 0.25) is 5.91 Å². The molecular formula is C11H17N3O6. The van der Waals surface area contributed by atoms with Crippen molar-refractivity contribution in [2.24, 2.45) is 0 Å². The molecule has 1 heterocycles. The van der Waals surface area contributed by atoms with Gasteiger partial charge in [0, 0.05) is 20.1 Å². The Morgan fingerprint density at radius 3 is 2.50 bits per heavy atom. The smallest absolute Gasteiger partial charge is 0.326 e. The molecule has 0 aromatic carbocycles. The Morgan fingerprint density at radius 1 is 1.30 bits per heavy atom. The summed E-state index contributed by atoms with van der Waals surface area (Å²) in [5.41, 5.74) is 0. The summed E-state index contributed by atoms with van der Waals surface area (Å²) in [6.07, 6.45) is -0.144. The summed E-state index contributed by atoms with van der Waals surface area (Å²) < 4.78 is 0. The Morgan fingerprint density at radius 2 is 1.95 bits per heavy atom. The average molecular weight is 287 g/mol. The van der Waals surface area contributed by atoms with Crippen LogP contribution >= 0.6 is 0 Å². The van der Waals surface area contributed by atoms with Crippen molar-refractivity contribution in [3.8, 4) is 0 Å². The molecule has 0 bridgehead atoms. The van der Waals surface area contributed by atoms with Gasteiger partial charge in [-0.1, -0.05) is 0 Å². The SMILES string of the molecule is CN1CCCN(C(=O)N[C@@H](CC(=O)O)C(=O)O)CC1=O. The fourth-order valence-electron chi connectivity index (χ4n) is 1.77. The molecule has 1 fully saturated rings. The van der Waals surface area contributed by atoms with Gasteiger partial charge in [-0.25, -0.2) is 9.59 Å². The third-order valence-corrected chi connectivity index (χ3v) is 2.94. The summed E-state index contributed by atoms with van der Waals surface area (Å²) in [5, 5.41) is 19.6. The van der Waals surface area contributed by atoms with Crippen LogP contribution in [0.1, 0.15) is 12.8 Å². The maximum atomic E-state index is 11.9. The number of nitrogens with zero attached hydrogens (tertiary/aromatic N) is 2. The average Bonchev–Trinajstić information content (AvgIpc) is 2.50. The predicted octanol–water partition coefficient (Wildman–Crippen LogP) is -1.21. The number of urea groups is 1. The fraction of sp³-hybridized carbons (Fsp3) is 0.636. The van der Waals surface area contributed by atoms with Crippen LogP contribution in [0.3, 0.4) is 0 Å². The van der Waals surface area contributed by atoms with Crippen molar-refractivity contribution >= 4 is 23.9 Å². The molecule has 1 aliphatic heterocycles. The maximum Gasteiger partial charge on any atom is 0.326 e. The van der Waals surface area contributed by atoms with Gasteiger partial charge in [0.05, 0.1) is 6.42 Å². The van der Waals surface area contributed by atoms with E-state index in [4.69, 9.17) is 10.2 Å². The highest BCUT2D eigenvalue weighted by Crippen LogP contribution is 2.04. The lowest BCUT2D eigenvalue weighted by molar-refractivity contribution is -0.145. The van der Waals surface area contributed by atoms with Crippen molar-refractivity contribution in [1.29, 1.82) is 0 Å². The van der Waals surface area contributed by atoms with E-state index >= 15 is 0 Å². The van der Waals surface area contributed by atoms with Crippen molar-refractivity contribution in [3.05, 3.63) is 0 Å². The number of carbonyl (C=O) groups is 4. The summed E-state index contributed by atoms with van der Waals surface area (Å²) in [6, 6.07) is -2.27. The van der Waals surface area contributed by atoms with E-state index in [1.54, 1.807) is 7.05 Å². The summed E-state index contributed by atoms with van der Waals surface area (Å²) in [4.78, 5) is 47.6. The number of hydrogen-bond acceptors (Lipinski definition) is 4. The first-order valence-corrected chi connectivity index (χ1v) is 6.05. The van der Waals surface area contributed by atoms with E-state index in [0.29, 0.717) is 19.5 Å². The third-order valence-electron chi connectivity index (χ3n) is 2.94. The molecule has 0 radical (unpaired) electrons. The Hall–Kier alpha value is -2.32. The van der Waals surface area contributed by atoms with Crippen molar-refractivity contribution in [1.82, 2.24) is 15.1 Å². The van der Waals surface area contributed by atoms with Crippen molar-refractivity contribution in [3.63, 3.8) is 0 Å². The molecule has 0 aliphatic carbocycles. The minimum Gasteiger partial charge on any atom is -0.481 e. The molecule has 0 unspecified atom stereocenters. The van der Waals surface area contributed by atoms with Gasteiger partial charge in [0.1, 0.15) is 12.6 Å². The summed E-state index contributed by atoms with van der Waals surface area (Å²) in [7, 11) is 1.62. The zero-order valence-electron chi connectivity index (χ0n) is 11.0. The van der Waals surface area contributed by atoms with Gasteiger partial charge in [-0.3, -0.25) is 9.59 Å². The van der Waals surface area contributed by atoms with E-state index in [0.717, 1.165) is 0 Å². The van der Waals surface area contributed by atoms with E-state index in [1.165, 1.54) is 9.80 Å². The minimum atomic E-state index is -1.52. The lowest BCUT2D eigenvalue weighted by atomic mass is 10.2. The summed E-state index contributed by atoms with van der Waals surface area (Å²) >= 11 is 0. The number of carbonyl (C=O) groups excluding carboxylic acids is 2. The molecule has 0 aromatic heterocycles. The van der Waals surface area contributed by atoms with E-state index in [9.17, 15) is 19.2 Å². The molecule has 3 amide bonds. The standard InChI is InChI=1S/C11H17N3O6/c1-13-3-2-4-14(6-8(13)15)11(20)12-7(10(18)19)5-9(16)17/h7H,2-6H2,1H3,(H,12,20)(H,16,17)(H,18,19)/t7-/m0/s1. The highest BCUT2D eigenvalue weighted by Gasteiger charge is 2.28. The second-order valence-electron chi connectivity index (χ2n) is 4.53. The molecule has 1 saturated heterocycles. The molecule has 0 aromatic rings. The van der Waals surface area contributed by atoms with E-state index in [1.807, 2.05) is 0 Å². The highest BCUT2D eigenvalue weighted by molar-refractivity contribution is 5.88. The predicted molar refractivity (Wildman–Crippen MR) is 66.0 cm³/mol. The molecule has 20 heavy (non-hydrogen) atoms. The monoisotopic (exact) mass is 287 g/mol. The van der Waals surface area contributed by atoms with Gasteiger partial charge in [-0.2, -0.15) is 0 Å². The highest BCUT2D eigenvalue weighted by atomic mass is 16.4. The molecular weight excluding hydrogens is 270 g/mol. The first-order valence-electron chi connectivity index (χ1n) is 6.05. The Bertz CT molecular complexity index is 424. The molecule has 0 saturated carbocycles. The number of aliphatic carboxylic acids is 2. The number of likely N-dealkylation sites (N-methyl/N-ethyl adjacent to an activating group) is 1. The number of amides is 3. The summed E-state index contributed by atoms with van der Waals surface area (Å²) in [6.45, 7) is 0.670. The maximum absolute atomic E-state index is 11.9. The van der Waals surface area contributed by atoms with Gasteiger partial charge in [0.25, 0.3) is 0 Å². The van der Waals surface area contributed by atoms with Crippen molar-refractivity contribution in [2.45, 2.75) is 18.9 Å². The molecule has 9 nitrogen and oxygen atoms in total. The third kappa shape index (κ3) is 4.41. The minimum absolute atomic E-state index is 0.151. The van der Waals surface area contributed by atoms with Crippen LogP contribution in [0, 0.1) is 0 Å². The molecule has 3 N–H and O–H groups in total. The zero-order chi connectivity index (χ0) is 15.3. The van der Waals surface area contributed by atoms with Gasteiger partial charge in [-0.15, -0.1) is 0 Å². The van der Waals surface area contributed by atoms with Crippen molar-refractivity contribution < 1.29 is 29.4 Å². The lowest BCUT2D eigenvalue weighted by Gasteiger charge is -2.22. The fourth-order valence-corrected chi connectivity index (χ4v) is 1.77. The molecule has 1 rings (SSSR count). The van der Waals surface area contributed by atoms with Crippen LogP contribution < -0.4 is 5.32 Å². The van der Waals surface area contributed by atoms with Crippen LogP contribution in [0.5, 0.6) is 0 Å². The van der Waals surface area contributed by atoms with Crippen LogP contribution in [0.4, 0.5) is 4.79 Å². The molecule has 1 aliphatic rings. The van der Waals surface area contributed by atoms with Crippen LogP contribution in [0.25, 0.3) is 0 Å². The van der Waals surface area contributed by atoms with Gasteiger partial charge < -0.3 is 25.3 Å². The molecule has 112 valence electrons. The number of hydrogen-bond donors (Lipinski definition) is 3. The number of rotatable bonds is 4. The molecule has 9 heteroatoms. The normalized spacial score (nSPS) is 17.4. The summed E-state index contributed by atoms with van der Waals surface area (Å²) in [5.74, 6) is -3.01. The van der Waals surface area contributed by atoms with Gasteiger partial charge in [0.15, 0.2) is 0 Å². The van der Waals surface area contributed by atoms with Crippen molar-refractivity contribution in [2.75, 3.05) is 26.7 Å². The number of nitrogens with one attached hydrogen (secondary N) is 1. The first-order chi connectivity index (χ1) is 9.31. The van der Waals surface area contributed by atoms with E-state index < -0.39 is 30.4 Å². The Balaban J connectivity index is 2.66. The van der Waals surface area contributed by atoms with Crippen LogP contribution in [0.2, 0.25) is 0 Å². The quantitative estimate of drug-likeness (QED) is 0.595. The second kappa shape index (κ2) is 6.73.